The first-order chi connectivity index (χ1) is 10.5. The minimum atomic E-state index is -0.0666. The van der Waals surface area contributed by atoms with Crippen LogP contribution in [-0.4, -0.2) is 65.1 Å². The van der Waals surface area contributed by atoms with Crippen molar-refractivity contribution in [2.45, 2.75) is 49.6 Å². The van der Waals surface area contributed by atoms with Crippen LogP contribution in [0.25, 0.3) is 0 Å². The maximum atomic E-state index is 12.2. The highest BCUT2D eigenvalue weighted by molar-refractivity contribution is 14.1. The molecule has 22 heavy (non-hydrogen) atoms. The molecule has 1 N–H and O–H groups in total. The van der Waals surface area contributed by atoms with Gasteiger partial charge in [0.05, 0.1) is 18.8 Å². The Morgan fingerprint density at radius 2 is 1.86 bits per heavy atom. The van der Waals surface area contributed by atoms with Gasteiger partial charge in [0.2, 0.25) is 5.91 Å². The highest BCUT2D eigenvalue weighted by Crippen LogP contribution is 2.28. The van der Waals surface area contributed by atoms with Crippen LogP contribution < -0.4 is 5.32 Å². The maximum Gasteiger partial charge on any atom is 0.220 e. The van der Waals surface area contributed by atoms with Crippen LogP contribution in [-0.2, 0) is 20.4 Å². The SMILES string of the molecule is B[C@H]1CC(CC(=O)NC[C@H]2O[C@@H](B)CC2OI)[C@@H](COI)O1. The van der Waals surface area contributed by atoms with Crippen LogP contribution in [0, 0.1) is 5.92 Å². The van der Waals surface area contributed by atoms with Crippen molar-refractivity contribution in [2.75, 3.05) is 13.2 Å². The highest BCUT2D eigenvalue weighted by Gasteiger charge is 2.36. The predicted molar refractivity (Wildman–Crippen MR) is 104 cm³/mol. The summed E-state index contributed by atoms with van der Waals surface area (Å²) in [6.07, 6.45) is 2.22. The molecule has 0 bridgehead atoms. The molecule has 0 aromatic rings. The third kappa shape index (κ3) is 5.47. The summed E-state index contributed by atoms with van der Waals surface area (Å²) in [6, 6.07) is 0.362. The Bertz CT molecular complexity index is 381. The van der Waals surface area contributed by atoms with Gasteiger partial charge in [0.15, 0.2) is 0 Å². The van der Waals surface area contributed by atoms with E-state index in [-0.39, 0.29) is 42.1 Å². The average Bonchev–Trinajstić information content (AvgIpc) is 3.00. The van der Waals surface area contributed by atoms with E-state index >= 15 is 0 Å². The number of carbonyl (C=O) groups is 1. The summed E-state index contributed by atoms with van der Waals surface area (Å²) < 4.78 is 22.1. The van der Waals surface area contributed by atoms with E-state index in [1.54, 1.807) is 0 Å². The molecule has 2 unspecified atom stereocenters. The van der Waals surface area contributed by atoms with Gasteiger partial charge in [-0.05, 0) is 18.8 Å². The monoisotopic (exact) mass is 535 g/mol. The van der Waals surface area contributed by atoms with Crippen molar-refractivity contribution >= 4 is 67.6 Å². The van der Waals surface area contributed by atoms with Crippen molar-refractivity contribution in [3.05, 3.63) is 0 Å². The minimum absolute atomic E-state index is 0.00540. The zero-order valence-corrected chi connectivity index (χ0v) is 17.1. The molecule has 2 rings (SSSR count). The molecule has 10 heteroatoms. The van der Waals surface area contributed by atoms with Gasteiger partial charge in [-0.3, -0.25) is 4.79 Å². The van der Waals surface area contributed by atoms with E-state index in [2.05, 4.69) is 5.32 Å². The topological polar surface area (TPSA) is 66.0 Å². The van der Waals surface area contributed by atoms with Crippen LogP contribution in [0.4, 0.5) is 0 Å². The van der Waals surface area contributed by atoms with Gasteiger partial charge in [0.25, 0.3) is 0 Å². The molecule has 1 amide bonds. The molecule has 2 aliphatic heterocycles. The van der Waals surface area contributed by atoms with Gasteiger partial charge in [0, 0.05) is 25.0 Å². The van der Waals surface area contributed by atoms with E-state index < -0.39 is 0 Å². The van der Waals surface area contributed by atoms with Gasteiger partial charge in [-0.15, -0.1) is 0 Å². The number of halogens is 2. The van der Waals surface area contributed by atoms with Crippen LogP contribution in [0.5, 0.6) is 0 Å². The molecule has 0 aromatic heterocycles. The smallest absolute Gasteiger partial charge is 0.220 e. The van der Waals surface area contributed by atoms with Crippen molar-refractivity contribution in [1.29, 1.82) is 0 Å². The minimum Gasteiger partial charge on any atom is -0.381 e. The van der Waals surface area contributed by atoms with Crippen LogP contribution in [0.15, 0.2) is 0 Å². The fourth-order valence-corrected chi connectivity index (χ4v) is 4.10. The largest absolute Gasteiger partial charge is 0.381 e. The van der Waals surface area contributed by atoms with E-state index in [1.165, 1.54) is 0 Å². The number of hydrogen-bond donors (Lipinski definition) is 1. The Morgan fingerprint density at radius 1 is 1.18 bits per heavy atom. The van der Waals surface area contributed by atoms with Crippen molar-refractivity contribution in [1.82, 2.24) is 5.32 Å². The molecule has 0 spiro atoms. The molecule has 0 saturated carbocycles. The summed E-state index contributed by atoms with van der Waals surface area (Å²) in [7, 11) is 4.06. The second-order valence-electron chi connectivity index (χ2n) is 6.11. The third-order valence-corrected chi connectivity index (χ3v) is 5.26. The molecule has 2 aliphatic rings. The molecule has 6 atom stereocenters. The molecular weight excluding hydrogens is 514 g/mol. The lowest BCUT2D eigenvalue weighted by atomic mass is 9.89. The summed E-state index contributed by atoms with van der Waals surface area (Å²) in [6.45, 7) is 1.02. The summed E-state index contributed by atoms with van der Waals surface area (Å²) in [5.41, 5.74) is 0. The number of amides is 1. The zero-order valence-electron chi connectivity index (χ0n) is 12.8. The lowest BCUT2D eigenvalue weighted by Crippen LogP contribution is -2.38. The van der Waals surface area contributed by atoms with E-state index in [1.807, 2.05) is 61.7 Å². The average molecular weight is 535 g/mol. The molecule has 0 radical (unpaired) electrons. The maximum absolute atomic E-state index is 12.2. The number of hydrogen-bond acceptors (Lipinski definition) is 5. The summed E-state index contributed by atoms with van der Waals surface area (Å²) in [5.74, 6) is 0.251. The quantitative estimate of drug-likeness (QED) is 0.359. The van der Waals surface area contributed by atoms with Gasteiger partial charge in [-0.25, -0.2) is 0 Å². The first kappa shape index (κ1) is 19.2. The lowest BCUT2D eigenvalue weighted by Gasteiger charge is -2.19. The second-order valence-corrected chi connectivity index (χ2v) is 7.24. The van der Waals surface area contributed by atoms with Gasteiger partial charge >= 0.3 is 0 Å². The molecule has 6 nitrogen and oxygen atoms in total. The van der Waals surface area contributed by atoms with E-state index in [9.17, 15) is 4.79 Å². The van der Waals surface area contributed by atoms with E-state index in [4.69, 9.17) is 15.6 Å². The van der Waals surface area contributed by atoms with Gasteiger partial charge in [0.1, 0.15) is 67.8 Å². The molecular formula is C12H21B2I2NO5. The van der Waals surface area contributed by atoms with Crippen LogP contribution in [0.2, 0.25) is 0 Å². The first-order valence-electron chi connectivity index (χ1n) is 7.62. The lowest BCUT2D eigenvalue weighted by molar-refractivity contribution is -0.123. The Labute approximate surface area is 161 Å². The summed E-state index contributed by atoms with van der Waals surface area (Å²) >= 11 is 3.77. The van der Waals surface area contributed by atoms with Crippen LogP contribution in [0.3, 0.4) is 0 Å². The second kappa shape index (κ2) is 9.40. The number of rotatable bonds is 7. The fourth-order valence-electron chi connectivity index (χ4n) is 3.21. The Morgan fingerprint density at radius 3 is 2.55 bits per heavy atom. The Balaban J connectivity index is 1.75. The Hall–Kier alpha value is 0.900. The van der Waals surface area contributed by atoms with Crippen molar-refractivity contribution < 1.29 is 20.4 Å². The number of nitrogens with one attached hydrogen (secondary N) is 1. The molecule has 0 aliphatic carbocycles. The van der Waals surface area contributed by atoms with Crippen molar-refractivity contribution in [2.24, 2.45) is 5.92 Å². The predicted octanol–water partition coefficient (Wildman–Crippen LogP) is -0.293. The Kier molecular flexibility index (Phi) is 8.22. The highest BCUT2D eigenvalue weighted by atomic mass is 127. The number of ether oxygens (including phenoxy) is 2. The standard InChI is InChI=1S/C12H21B2I2NO5/c13-10-1-6(9(21-10)5-19-15)2-12(18)17-4-8-7(22-16)3-11(14)20-8/h6-11H,1-5,13-14H2,(H,17,18)/t6?,7?,8-,9-,10-,11-/m1/s1. The van der Waals surface area contributed by atoms with Gasteiger partial charge in [-0.1, -0.05) is 0 Å². The van der Waals surface area contributed by atoms with Crippen molar-refractivity contribution in [3.8, 4) is 0 Å². The van der Waals surface area contributed by atoms with Crippen LogP contribution >= 0.6 is 46.0 Å². The molecule has 2 saturated heterocycles. The van der Waals surface area contributed by atoms with Crippen LogP contribution in [0.1, 0.15) is 19.3 Å². The molecule has 0 aromatic carbocycles. The van der Waals surface area contributed by atoms with Gasteiger partial charge in [-0.2, -0.15) is 0 Å². The van der Waals surface area contributed by atoms with E-state index in [0.717, 1.165) is 12.8 Å². The summed E-state index contributed by atoms with van der Waals surface area (Å²) in [5, 5.41) is 2.97. The molecule has 2 fully saturated rings. The fraction of sp³-hybridized carbons (Fsp3) is 0.917. The van der Waals surface area contributed by atoms with Gasteiger partial charge < -0.3 is 20.9 Å². The third-order valence-electron chi connectivity index (χ3n) is 4.24. The normalized spacial score (nSPS) is 38.3. The summed E-state index contributed by atoms with van der Waals surface area (Å²) in [4.78, 5) is 12.2. The van der Waals surface area contributed by atoms with Crippen molar-refractivity contribution in [3.63, 3.8) is 0 Å². The molecule has 124 valence electrons. The van der Waals surface area contributed by atoms with E-state index in [0.29, 0.717) is 19.6 Å². The molecule has 2 heterocycles. The first-order valence-corrected chi connectivity index (χ1v) is 9.38. The number of carbonyl (C=O) groups excluding carboxylic acids is 1. The zero-order chi connectivity index (χ0) is 16.1.